The van der Waals surface area contributed by atoms with Crippen LogP contribution in [-0.4, -0.2) is 16.6 Å². The standard InChI is InChI=1S/C19H16N2O3S/c1-13-9-10-15(11-17(13)21(23)24)20-19(22)12-25-18-8-4-6-14-5-2-3-7-16(14)18/h2-11H,12H2,1H3,(H,20,22). The van der Waals surface area contributed by atoms with Crippen LogP contribution in [0.3, 0.4) is 0 Å². The van der Waals surface area contributed by atoms with Gasteiger partial charge in [-0.05, 0) is 29.8 Å². The zero-order valence-corrected chi connectivity index (χ0v) is 14.4. The van der Waals surface area contributed by atoms with Crippen molar-refractivity contribution in [2.75, 3.05) is 11.1 Å². The lowest BCUT2D eigenvalue weighted by Crippen LogP contribution is -2.14. The van der Waals surface area contributed by atoms with Crippen LogP contribution in [0.15, 0.2) is 65.6 Å². The van der Waals surface area contributed by atoms with E-state index >= 15 is 0 Å². The molecule has 0 atom stereocenters. The number of rotatable bonds is 5. The van der Waals surface area contributed by atoms with Crippen LogP contribution in [-0.2, 0) is 4.79 Å². The molecule has 6 heteroatoms. The van der Waals surface area contributed by atoms with Crippen molar-refractivity contribution in [3.05, 3.63) is 76.3 Å². The third kappa shape index (κ3) is 3.97. The third-order valence-corrected chi connectivity index (χ3v) is 4.87. The number of hydrogen-bond acceptors (Lipinski definition) is 4. The Balaban J connectivity index is 1.69. The topological polar surface area (TPSA) is 72.2 Å². The molecule has 0 spiro atoms. The molecule has 5 nitrogen and oxygen atoms in total. The van der Waals surface area contributed by atoms with Gasteiger partial charge in [0.05, 0.1) is 10.7 Å². The largest absolute Gasteiger partial charge is 0.325 e. The lowest BCUT2D eigenvalue weighted by Gasteiger charge is -2.08. The molecule has 25 heavy (non-hydrogen) atoms. The molecule has 0 saturated carbocycles. The van der Waals surface area contributed by atoms with Crippen molar-refractivity contribution in [3.8, 4) is 0 Å². The number of nitrogens with zero attached hydrogens (tertiary/aromatic N) is 1. The molecule has 0 aromatic heterocycles. The second-order valence-corrected chi connectivity index (χ2v) is 6.59. The molecule has 126 valence electrons. The summed E-state index contributed by atoms with van der Waals surface area (Å²) >= 11 is 1.44. The fourth-order valence-corrected chi connectivity index (χ4v) is 3.42. The highest BCUT2D eigenvalue weighted by molar-refractivity contribution is 8.00. The van der Waals surface area contributed by atoms with Gasteiger partial charge in [-0.25, -0.2) is 0 Å². The van der Waals surface area contributed by atoms with Crippen molar-refractivity contribution in [1.29, 1.82) is 0 Å². The number of hydrogen-bond donors (Lipinski definition) is 1. The fraction of sp³-hybridized carbons (Fsp3) is 0.105. The molecule has 3 aromatic rings. The molecule has 0 bridgehead atoms. The molecule has 3 rings (SSSR count). The highest BCUT2D eigenvalue weighted by atomic mass is 32.2. The van der Waals surface area contributed by atoms with Gasteiger partial charge in [0.25, 0.3) is 5.69 Å². The highest BCUT2D eigenvalue weighted by Crippen LogP contribution is 2.28. The van der Waals surface area contributed by atoms with E-state index in [4.69, 9.17) is 0 Å². The highest BCUT2D eigenvalue weighted by Gasteiger charge is 2.12. The van der Waals surface area contributed by atoms with E-state index < -0.39 is 4.92 Å². The van der Waals surface area contributed by atoms with E-state index in [2.05, 4.69) is 5.32 Å². The maximum atomic E-state index is 12.2. The van der Waals surface area contributed by atoms with Crippen LogP contribution in [0.25, 0.3) is 10.8 Å². The van der Waals surface area contributed by atoms with Crippen molar-refractivity contribution in [3.63, 3.8) is 0 Å². The predicted octanol–water partition coefficient (Wildman–Crippen LogP) is 4.79. The third-order valence-electron chi connectivity index (χ3n) is 3.80. The van der Waals surface area contributed by atoms with Gasteiger partial charge >= 0.3 is 0 Å². The molecule has 0 aliphatic rings. The Hall–Kier alpha value is -2.86. The Bertz CT molecular complexity index is 951. The summed E-state index contributed by atoms with van der Waals surface area (Å²) in [7, 11) is 0. The van der Waals surface area contributed by atoms with E-state index in [-0.39, 0.29) is 17.3 Å². The summed E-state index contributed by atoms with van der Waals surface area (Å²) in [5.74, 6) is 0.0338. The summed E-state index contributed by atoms with van der Waals surface area (Å²) in [6, 6.07) is 18.7. The van der Waals surface area contributed by atoms with Gasteiger partial charge in [0.2, 0.25) is 5.91 Å². The van der Waals surface area contributed by atoms with Crippen LogP contribution in [0.2, 0.25) is 0 Å². The number of benzene rings is 3. The van der Waals surface area contributed by atoms with E-state index in [1.165, 1.54) is 17.8 Å². The first-order valence-electron chi connectivity index (χ1n) is 7.70. The van der Waals surface area contributed by atoms with Gasteiger partial charge in [-0.2, -0.15) is 0 Å². The Morgan fingerprint density at radius 3 is 2.68 bits per heavy atom. The zero-order valence-electron chi connectivity index (χ0n) is 13.6. The van der Waals surface area contributed by atoms with Crippen molar-refractivity contribution in [2.45, 2.75) is 11.8 Å². The SMILES string of the molecule is Cc1ccc(NC(=O)CSc2cccc3ccccc23)cc1[N+](=O)[O-]. The van der Waals surface area contributed by atoms with Gasteiger partial charge in [-0.15, -0.1) is 11.8 Å². The smallest absolute Gasteiger partial charge is 0.274 e. The molecule has 0 aliphatic heterocycles. The van der Waals surface area contributed by atoms with Crippen LogP contribution in [0, 0.1) is 17.0 Å². The van der Waals surface area contributed by atoms with Crippen molar-refractivity contribution in [1.82, 2.24) is 0 Å². The predicted molar refractivity (Wildman–Crippen MR) is 101 cm³/mol. The Morgan fingerprint density at radius 1 is 1.12 bits per heavy atom. The average Bonchev–Trinajstić information content (AvgIpc) is 2.61. The summed E-state index contributed by atoms with van der Waals surface area (Å²) in [5, 5.41) is 15.9. The van der Waals surface area contributed by atoms with E-state index in [9.17, 15) is 14.9 Å². The summed E-state index contributed by atoms with van der Waals surface area (Å²) in [6.45, 7) is 1.67. The normalized spacial score (nSPS) is 10.6. The maximum Gasteiger partial charge on any atom is 0.274 e. The summed E-state index contributed by atoms with van der Waals surface area (Å²) in [6.07, 6.45) is 0. The maximum absolute atomic E-state index is 12.2. The second-order valence-electron chi connectivity index (χ2n) is 5.57. The lowest BCUT2D eigenvalue weighted by atomic mass is 10.1. The molecular formula is C19H16N2O3S. The molecule has 0 heterocycles. The number of anilines is 1. The number of nitro groups is 1. The molecule has 0 saturated heterocycles. The van der Waals surface area contributed by atoms with Gasteiger partial charge in [0.15, 0.2) is 0 Å². The molecule has 0 radical (unpaired) electrons. The van der Waals surface area contributed by atoms with Gasteiger partial charge < -0.3 is 5.32 Å². The first kappa shape index (κ1) is 17.0. The molecule has 3 aromatic carbocycles. The Labute approximate surface area is 149 Å². The van der Waals surface area contributed by atoms with Crippen molar-refractivity contribution < 1.29 is 9.72 Å². The van der Waals surface area contributed by atoms with E-state index in [1.54, 1.807) is 19.1 Å². The minimum atomic E-state index is -0.449. The van der Waals surface area contributed by atoms with Crippen molar-refractivity contribution in [2.24, 2.45) is 0 Å². The quantitative estimate of drug-likeness (QED) is 0.407. The number of thioether (sulfide) groups is 1. The number of amides is 1. The summed E-state index contributed by atoms with van der Waals surface area (Å²) < 4.78 is 0. The molecule has 0 aliphatic carbocycles. The first-order chi connectivity index (χ1) is 12.0. The second kappa shape index (κ2) is 7.36. The van der Waals surface area contributed by atoms with Gasteiger partial charge in [0, 0.05) is 22.2 Å². The van der Waals surface area contributed by atoms with E-state index in [0.717, 1.165) is 15.7 Å². The molecule has 1 amide bonds. The fourth-order valence-electron chi connectivity index (χ4n) is 2.55. The number of carbonyl (C=O) groups is 1. The molecule has 1 N–H and O–H groups in total. The number of aryl methyl sites for hydroxylation is 1. The van der Waals surface area contributed by atoms with Crippen molar-refractivity contribution >= 4 is 39.8 Å². The molecule has 0 unspecified atom stereocenters. The minimum Gasteiger partial charge on any atom is -0.325 e. The lowest BCUT2D eigenvalue weighted by molar-refractivity contribution is -0.385. The van der Waals surface area contributed by atoms with Crippen LogP contribution < -0.4 is 5.32 Å². The zero-order chi connectivity index (χ0) is 17.8. The number of carbonyl (C=O) groups excluding carboxylic acids is 1. The summed E-state index contributed by atoms with van der Waals surface area (Å²) in [4.78, 5) is 23.8. The van der Waals surface area contributed by atoms with Crippen LogP contribution in [0.4, 0.5) is 11.4 Å². The van der Waals surface area contributed by atoms with Crippen LogP contribution >= 0.6 is 11.8 Å². The Kier molecular flexibility index (Phi) is 5.00. The minimum absolute atomic E-state index is 0.000457. The molecular weight excluding hydrogens is 336 g/mol. The number of nitrogens with one attached hydrogen (secondary N) is 1. The molecule has 0 fully saturated rings. The first-order valence-corrected chi connectivity index (χ1v) is 8.68. The Morgan fingerprint density at radius 2 is 1.88 bits per heavy atom. The van der Waals surface area contributed by atoms with E-state index in [1.807, 2.05) is 42.5 Å². The average molecular weight is 352 g/mol. The van der Waals surface area contributed by atoms with E-state index in [0.29, 0.717) is 11.3 Å². The van der Waals surface area contributed by atoms with Crippen LogP contribution in [0.5, 0.6) is 0 Å². The van der Waals surface area contributed by atoms with Gasteiger partial charge in [-0.3, -0.25) is 14.9 Å². The monoisotopic (exact) mass is 352 g/mol. The number of nitro benzene ring substituents is 1. The van der Waals surface area contributed by atoms with Gasteiger partial charge in [0.1, 0.15) is 0 Å². The van der Waals surface area contributed by atoms with Gasteiger partial charge in [-0.1, -0.05) is 42.5 Å². The number of fused-ring (bicyclic) bond motifs is 1. The van der Waals surface area contributed by atoms with Crippen LogP contribution in [0.1, 0.15) is 5.56 Å². The summed E-state index contributed by atoms with van der Waals surface area (Å²) in [5.41, 5.74) is 0.994.